The number of pyridine rings is 2. The highest BCUT2D eigenvalue weighted by atomic mass is 14.8. The zero-order valence-corrected chi connectivity index (χ0v) is 25.5. The molecular weight excluding hydrogens is 589 g/mol. The zero-order chi connectivity index (χ0) is 31.3. The largest absolute Gasteiger partial charge is 0.354 e. The van der Waals surface area contributed by atoms with Gasteiger partial charge in [0.05, 0.1) is 33.8 Å². The predicted molar refractivity (Wildman–Crippen MR) is 195 cm³/mol. The maximum absolute atomic E-state index is 5.42. The van der Waals surface area contributed by atoms with Crippen molar-refractivity contribution in [2.24, 2.45) is 0 Å². The molecular formula is C42H24N6. The van der Waals surface area contributed by atoms with Gasteiger partial charge in [-0.15, -0.1) is 0 Å². The minimum absolute atomic E-state index is 0.873. The van der Waals surface area contributed by atoms with E-state index in [0.29, 0.717) is 0 Å². The molecule has 2 aliphatic heterocycles. The molecule has 9 aromatic rings. The number of hydrogen-bond donors (Lipinski definition) is 2. The summed E-state index contributed by atoms with van der Waals surface area (Å²) in [4.78, 5) is 27.8. The van der Waals surface area contributed by atoms with Crippen LogP contribution in [0.5, 0.6) is 0 Å². The summed E-state index contributed by atoms with van der Waals surface area (Å²) >= 11 is 0. The summed E-state index contributed by atoms with van der Waals surface area (Å²) in [5, 5.41) is 6.58. The lowest BCUT2D eigenvalue weighted by Gasteiger charge is -2.10. The smallest absolute Gasteiger partial charge is 0.0971 e. The van der Waals surface area contributed by atoms with E-state index in [1.807, 2.05) is 24.5 Å². The van der Waals surface area contributed by atoms with Crippen molar-refractivity contribution in [3.8, 4) is 45.0 Å². The third-order valence-corrected chi connectivity index (χ3v) is 9.78. The van der Waals surface area contributed by atoms with Gasteiger partial charge in [-0.3, -0.25) is 9.97 Å². The first-order valence-corrected chi connectivity index (χ1v) is 16.1. The maximum atomic E-state index is 5.42. The van der Waals surface area contributed by atoms with Crippen molar-refractivity contribution in [2.75, 3.05) is 0 Å². The van der Waals surface area contributed by atoms with Crippen molar-refractivity contribution in [3.63, 3.8) is 0 Å². The molecule has 6 heteroatoms. The van der Waals surface area contributed by atoms with E-state index < -0.39 is 0 Å². The lowest BCUT2D eigenvalue weighted by molar-refractivity contribution is 1.38. The SMILES string of the molecule is c1ccc2c(c1)-c1cc3[nH]c(cc4nc(cc5[nH]c(cc-2n1)c1ccccc51)-c1c-4c2cccnc2c2ncccc12)c1ccccc31. The molecule has 4 aromatic carbocycles. The highest BCUT2D eigenvalue weighted by Gasteiger charge is 2.25. The molecule has 0 amide bonds. The quantitative estimate of drug-likeness (QED) is 0.167. The molecule has 48 heavy (non-hydrogen) atoms. The lowest BCUT2D eigenvalue weighted by Crippen LogP contribution is -1.90. The Morgan fingerprint density at radius 3 is 1.15 bits per heavy atom. The van der Waals surface area contributed by atoms with Gasteiger partial charge in [-0.2, -0.15) is 0 Å². The maximum Gasteiger partial charge on any atom is 0.0971 e. The van der Waals surface area contributed by atoms with E-state index >= 15 is 0 Å². The Labute approximate surface area is 273 Å². The summed E-state index contributed by atoms with van der Waals surface area (Å²) in [6.07, 6.45) is 3.68. The molecule has 6 nitrogen and oxygen atoms in total. The van der Waals surface area contributed by atoms with Gasteiger partial charge in [-0.25, -0.2) is 9.97 Å². The second-order valence-electron chi connectivity index (χ2n) is 12.4. The van der Waals surface area contributed by atoms with Crippen LogP contribution < -0.4 is 0 Å². The van der Waals surface area contributed by atoms with Gasteiger partial charge in [0.25, 0.3) is 0 Å². The Balaban J connectivity index is 1.39. The summed E-state index contributed by atoms with van der Waals surface area (Å²) in [6.45, 7) is 0. The fourth-order valence-corrected chi connectivity index (χ4v) is 7.71. The molecule has 7 heterocycles. The van der Waals surface area contributed by atoms with Gasteiger partial charge in [0.1, 0.15) is 0 Å². The van der Waals surface area contributed by atoms with Gasteiger partial charge in [-0.05, 0) is 36.4 Å². The number of fused-ring (bicyclic) bond motifs is 25. The molecule has 5 aromatic heterocycles. The highest BCUT2D eigenvalue weighted by Crippen LogP contribution is 2.46. The molecule has 0 aliphatic carbocycles. The molecule has 0 saturated carbocycles. The number of H-pyrrole nitrogens is 2. The molecule has 0 saturated heterocycles. The number of hydrogen-bond acceptors (Lipinski definition) is 4. The topological polar surface area (TPSA) is 83.1 Å². The van der Waals surface area contributed by atoms with Crippen molar-refractivity contribution >= 4 is 65.4 Å². The number of nitrogens with one attached hydrogen (secondary N) is 2. The van der Waals surface area contributed by atoms with E-state index in [9.17, 15) is 0 Å². The summed E-state index contributed by atoms with van der Waals surface area (Å²) in [7, 11) is 0. The van der Waals surface area contributed by atoms with Crippen LogP contribution in [0.1, 0.15) is 0 Å². The summed E-state index contributed by atoms with van der Waals surface area (Å²) in [6, 6.07) is 42.5. The molecule has 222 valence electrons. The molecule has 11 rings (SSSR count). The van der Waals surface area contributed by atoms with Crippen LogP contribution in [0.2, 0.25) is 0 Å². The van der Waals surface area contributed by atoms with Crippen molar-refractivity contribution < 1.29 is 0 Å². The third kappa shape index (κ3) is 3.51. The van der Waals surface area contributed by atoms with Gasteiger partial charge in [0, 0.05) is 89.0 Å². The zero-order valence-electron chi connectivity index (χ0n) is 25.5. The van der Waals surface area contributed by atoms with Gasteiger partial charge in [0.15, 0.2) is 0 Å². The van der Waals surface area contributed by atoms with Crippen LogP contribution >= 0.6 is 0 Å². The van der Waals surface area contributed by atoms with Gasteiger partial charge in [-0.1, -0.05) is 84.9 Å². The number of aromatic amines is 2. The van der Waals surface area contributed by atoms with E-state index in [2.05, 4.69) is 119 Å². The fourth-order valence-electron chi connectivity index (χ4n) is 7.71. The Kier molecular flexibility index (Phi) is 5.02. The highest BCUT2D eigenvalue weighted by molar-refractivity contribution is 6.20. The fraction of sp³-hybridized carbons (Fsp3) is 0. The third-order valence-electron chi connectivity index (χ3n) is 9.78. The van der Waals surface area contributed by atoms with Crippen molar-refractivity contribution in [1.82, 2.24) is 29.9 Å². The van der Waals surface area contributed by atoms with Gasteiger partial charge < -0.3 is 9.97 Å². The van der Waals surface area contributed by atoms with Crippen LogP contribution in [-0.4, -0.2) is 29.9 Å². The lowest BCUT2D eigenvalue weighted by atomic mass is 9.94. The first-order chi connectivity index (χ1) is 23.8. The first-order valence-electron chi connectivity index (χ1n) is 16.1. The second-order valence-corrected chi connectivity index (χ2v) is 12.4. The van der Waals surface area contributed by atoms with Crippen molar-refractivity contribution in [2.45, 2.75) is 0 Å². The summed E-state index contributed by atoms with van der Waals surface area (Å²) < 4.78 is 0. The van der Waals surface area contributed by atoms with Gasteiger partial charge >= 0.3 is 0 Å². The molecule has 2 N–H and O–H groups in total. The Hall–Kier alpha value is -6.66. The summed E-state index contributed by atoms with van der Waals surface area (Å²) in [5.41, 5.74) is 13.7. The number of nitrogens with zero attached hydrogens (tertiary/aromatic N) is 4. The van der Waals surface area contributed by atoms with Crippen LogP contribution in [0, 0.1) is 0 Å². The van der Waals surface area contributed by atoms with Crippen molar-refractivity contribution in [1.29, 1.82) is 0 Å². The molecule has 0 unspecified atom stereocenters. The number of benzene rings is 4. The normalized spacial score (nSPS) is 12.2. The molecule has 0 spiro atoms. The van der Waals surface area contributed by atoms with E-state index in [1.54, 1.807) is 0 Å². The summed E-state index contributed by atoms with van der Waals surface area (Å²) in [5.74, 6) is 0. The number of aromatic nitrogens is 6. The van der Waals surface area contributed by atoms with E-state index in [4.69, 9.17) is 19.9 Å². The van der Waals surface area contributed by atoms with Crippen LogP contribution in [-0.2, 0) is 0 Å². The Bertz CT molecular complexity index is 2820. The average Bonchev–Trinajstić information content (AvgIpc) is 3.87. The monoisotopic (exact) mass is 612 g/mol. The Morgan fingerprint density at radius 1 is 0.354 bits per heavy atom. The second kappa shape index (κ2) is 9.44. The average molecular weight is 613 g/mol. The molecule has 2 aliphatic rings. The van der Waals surface area contributed by atoms with Crippen LogP contribution in [0.4, 0.5) is 0 Å². The van der Waals surface area contributed by atoms with Crippen molar-refractivity contribution in [3.05, 3.63) is 134 Å². The predicted octanol–water partition coefficient (Wildman–Crippen LogP) is 10.4. The van der Waals surface area contributed by atoms with E-state index in [1.165, 1.54) is 0 Å². The van der Waals surface area contributed by atoms with Crippen LogP contribution in [0.15, 0.2) is 134 Å². The molecule has 8 bridgehead atoms. The van der Waals surface area contributed by atoms with Crippen LogP contribution in [0.3, 0.4) is 0 Å². The number of rotatable bonds is 0. The Morgan fingerprint density at radius 2 is 0.708 bits per heavy atom. The molecule has 0 radical (unpaired) electrons. The minimum atomic E-state index is 0.873. The molecule has 0 fully saturated rings. The van der Waals surface area contributed by atoms with E-state index in [-0.39, 0.29) is 0 Å². The molecule has 0 atom stereocenters. The minimum Gasteiger partial charge on any atom is -0.354 e. The van der Waals surface area contributed by atoms with Crippen LogP contribution in [0.25, 0.3) is 110 Å². The van der Waals surface area contributed by atoms with E-state index in [0.717, 1.165) is 110 Å². The first kappa shape index (κ1) is 25.5. The van der Waals surface area contributed by atoms with Gasteiger partial charge in [0.2, 0.25) is 0 Å². The standard InChI is InChI=1S/C42H24N6/c1-2-10-24-23(9-1)31-19-33-25-11-3-5-13-27(25)35(46-33)21-37-39-29-15-7-17-43-41(29)42-30(16-8-18-44-42)40(39)38(48-37)22-36-28-14-6-4-12-26(28)34(47-36)20-32(24)45-31/h1-22,46-47H.